The smallest absolute Gasteiger partial charge is 0.128 e. The van der Waals surface area contributed by atoms with Crippen molar-refractivity contribution in [3.05, 3.63) is 52.1 Å². The highest BCUT2D eigenvalue weighted by atomic mass is 79.9. The third kappa shape index (κ3) is 3.61. The van der Waals surface area contributed by atoms with Crippen LogP contribution < -0.4 is 10.2 Å². The van der Waals surface area contributed by atoms with Gasteiger partial charge in [0.15, 0.2) is 0 Å². The molecular formula is C18H22BrN3. The number of aromatic nitrogens is 1. The van der Waals surface area contributed by atoms with Crippen molar-refractivity contribution in [2.45, 2.75) is 32.7 Å². The van der Waals surface area contributed by atoms with Crippen LogP contribution in [0.15, 0.2) is 41.0 Å². The number of pyridine rings is 1. The van der Waals surface area contributed by atoms with E-state index >= 15 is 0 Å². The molecule has 0 aliphatic carbocycles. The molecule has 1 fully saturated rings. The summed E-state index contributed by atoms with van der Waals surface area (Å²) in [6.45, 7) is 6.35. The standard InChI is InChI=1S/C18H22BrN3/c1-13-4-3-5-16(10-13)21-15-6-8-22(9-7-15)18-11-14(2)17(19)12-20-18/h3-5,10-12,15,21H,6-9H2,1-2H3. The van der Waals surface area contributed by atoms with Crippen LogP contribution in [0.3, 0.4) is 0 Å². The van der Waals surface area contributed by atoms with Gasteiger partial charge in [0.25, 0.3) is 0 Å². The second kappa shape index (κ2) is 6.69. The van der Waals surface area contributed by atoms with Crippen molar-refractivity contribution in [1.29, 1.82) is 0 Å². The van der Waals surface area contributed by atoms with Crippen molar-refractivity contribution in [3.63, 3.8) is 0 Å². The minimum Gasteiger partial charge on any atom is -0.382 e. The van der Waals surface area contributed by atoms with Crippen LogP contribution in [-0.4, -0.2) is 24.1 Å². The molecule has 0 saturated carbocycles. The fraction of sp³-hybridized carbons (Fsp3) is 0.389. The van der Waals surface area contributed by atoms with E-state index in [1.165, 1.54) is 16.8 Å². The van der Waals surface area contributed by atoms with Gasteiger partial charge >= 0.3 is 0 Å². The number of nitrogens with one attached hydrogen (secondary N) is 1. The largest absolute Gasteiger partial charge is 0.382 e. The number of benzene rings is 1. The van der Waals surface area contributed by atoms with E-state index in [1.807, 2.05) is 6.20 Å². The Morgan fingerprint density at radius 2 is 1.95 bits per heavy atom. The van der Waals surface area contributed by atoms with Crippen molar-refractivity contribution in [2.75, 3.05) is 23.3 Å². The number of aryl methyl sites for hydroxylation is 2. The Balaban J connectivity index is 1.59. The fourth-order valence-corrected chi connectivity index (χ4v) is 3.14. The van der Waals surface area contributed by atoms with Gasteiger partial charge in [-0.05, 0) is 71.9 Å². The third-order valence-electron chi connectivity index (χ3n) is 4.24. The summed E-state index contributed by atoms with van der Waals surface area (Å²) in [5, 5.41) is 3.66. The molecule has 1 aromatic heterocycles. The summed E-state index contributed by atoms with van der Waals surface area (Å²) in [4.78, 5) is 6.92. The average molecular weight is 360 g/mol. The van der Waals surface area contributed by atoms with E-state index in [9.17, 15) is 0 Å². The molecule has 0 spiro atoms. The Morgan fingerprint density at radius 1 is 1.18 bits per heavy atom. The Morgan fingerprint density at radius 3 is 2.64 bits per heavy atom. The van der Waals surface area contributed by atoms with E-state index in [2.05, 4.69) is 75.3 Å². The molecule has 1 N–H and O–H groups in total. The molecule has 1 aromatic carbocycles. The zero-order valence-electron chi connectivity index (χ0n) is 13.1. The maximum absolute atomic E-state index is 4.54. The monoisotopic (exact) mass is 359 g/mol. The van der Waals surface area contributed by atoms with Gasteiger partial charge in [-0.3, -0.25) is 0 Å². The van der Waals surface area contributed by atoms with Gasteiger partial charge in [-0.25, -0.2) is 4.98 Å². The van der Waals surface area contributed by atoms with E-state index < -0.39 is 0 Å². The summed E-state index contributed by atoms with van der Waals surface area (Å²) in [7, 11) is 0. The van der Waals surface area contributed by atoms with Crippen molar-refractivity contribution < 1.29 is 0 Å². The van der Waals surface area contributed by atoms with E-state index in [0.29, 0.717) is 6.04 Å². The van der Waals surface area contributed by atoms with Crippen LogP contribution in [0, 0.1) is 13.8 Å². The van der Waals surface area contributed by atoms with E-state index in [-0.39, 0.29) is 0 Å². The summed E-state index contributed by atoms with van der Waals surface area (Å²) in [6, 6.07) is 11.3. The van der Waals surface area contributed by atoms with Crippen molar-refractivity contribution in [1.82, 2.24) is 4.98 Å². The van der Waals surface area contributed by atoms with Gasteiger partial charge in [0.1, 0.15) is 5.82 Å². The molecule has 0 radical (unpaired) electrons. The normalized spacial score (nSPS) is 15.9. The minimum atomic E-state index is 0.551. The van der Waals surface area contributed by atoms with Crippen LogP contribution in [-0.2, 0) is 0 Å². The van der Waals surface area contributed by atoms with Gasteiger partial charge in [-0.15, -0.1) is 0 Å². The Bertz CT molecular complexity index is 649. The Hall–Kier alpha value is -1.55. The molecule has 0 bridgehead atoms. The maximum atomic E-state index is 4.54. The maximum Gasteiger partial charge on any atom is 0.128 e. The Kier molecular flexibility index (Phi) is 4.67. The van der Waals surface area contributed by atoms with Crippen molar-refractivity contribution in [2.24, 2.45) is 0 Å². The molecule has 116 valence electrons. The van der Waals surface area contributed by atoms with Gasteiger partial charge < -0.3 is 10.2 Å². The van der Waals surface area contributed by atoms with E-state index in [4.69, 9.17) is 0 Å². The molecular weight excluding hydrogens is 338 g/mol. The van der Waals surface area contributed by atoms with Gasteiger partial charge in [-0.1, -0.05) is 12.1 Å². The predicted molar refractivity (Wildman–Crippen MR) is 96.7 cm³/mol. The molecule has 0 atom stereocenters. The van der Waals surface area contributed by atoms with Crippen LogP contribution in [0.4, 0.5) is 11.5 Å². The lowest BCUT2D eigenvalue weighted by Gasteiger charge is -2.33. The molecule has 1 aliphatic heterocycles. The first kappa shape index (κ1) is 15.3. The summed E-state index contributed by atoms with van der Waals surface area (Å²) in [5.41, 5.74) is 3.78. The van der Waals surface area contributed by atoms with Crippen molar-refractivity contribution in [3.8, 4) is 0 Å². The topological polar surface area (TPSA) is 28.2 Å². The quantitative estimate of drug-likeness (QED) is 0.871. The molecule has 0 amide bonds. The molecule has 2 aromatic rings. The number of nitrogens with zero attached hydrogens (tertiary/aromatic N) is 2. The summed E-state index contributed by atoms with van der Waals surface area (Å²) in [6.07, 6.45) is 4.19. The number of anilines is 2. The highest BCUT2D eigenvalue weighted by Gasteiger charge is 2.20. The highest BCUT2D eigenvalue weighted by molar-refractivity contribution is 9.10. The van der Waals surface area contributed by atoms with Crippen LogP contribution in [0.2, 0.25) is 0 Å². The second-order valence-corrected chi connectivity index (χ2v) is 6.92. The summed E-state index contributed by atoms with van der Waals surface area (Å²) in [5.74, 6) is 1.09. The average Bonchev–Trinajstić information content (AvgIpc) is 2.51. The molecule has 3 nitrogen and oxygen atoms in total. The van der Waals surface area contributed by atoms with Crippen LogP contribution >= 0.6 is 15.9 Å². The first-order valence-corrected chi connectivity index (χ1v) is 8.61. The van der Waals surface area contributed by atoms with Crippen LogP contribution in [0.5, 0.6) is 0 Å². The molecule has 1 saturated heterocycles. The molecule has 0 unspecified atom stereocenters. The lowest BCUT2D eigenvalue weighted by atomic mass is 10.0. The molecule has 2 heterocycles. The van der Waals surface area contributed by atoms with Gasteiger partial charge in [0.05, 0.1) is 0 Å². The zero-order chi connectivity index (χ0) is 15.5. The molecule has 1 aliphatic rings. The van der Waals surface area contributed by atoms with Gasteiger partial charge in [-0.2, -0.15) is 0 Å². The van der Waals surface area contributed by atoms with Gasteiger partial charge in [0, 0.05) is 35.5 Å². The van der Waals surface area contributed by atoms with Crippen molar-refractivity contribution >= 4 is 27.4 Å². The minimum absolute atomic E-state index is 0.551. The number of hydrogen-bond donors (Lipinski definition) is 1. The molecule has 4 heteroatoms. The fourth-order valence-electron chi connectivity index (χ4n) is 2.92. The number of piperidine rings is 1. The number of halogens is 1. The SMILES string of the molecule is Cc1cccc(NC2CCN(c3cc(C)c(Br)cn3)CC2)c1. The van der Waals surface area contributed by atoms with Gasteiger partial charge in [0.2, 0.25) is 0 Å². The summed E-state index contributed by atoms with van der Waals surface area (Å²) < 4.78 is 1.08. The molecule has 3 rings (SSSR count). The highest BCUT2D eigenvalue weighted by Crippen LogP contribution is 2.24. The second-order valence-electron chi connectivity index (χ2n) is 6.07. The van der Waals surface area contributed by atoms with Crippen LogP contribution in [0.25, 0.3) is 0 Å². The Labute approximate surface area is 140 Å². The predicted octanol–water partition coefficient (Wildman–Crippen LogP) is 4.54. The first-order valence-electron chi connectivity index (χ1n) is 7.82. The number of hydrogen-bond acceptors (Lipinski definition) is 3. The molecule has 22 heavy (non-hydrogen) atoms. The lowest BCUT2D eigenvalue weighted by Crippen LogP contribution is -2.39. The lowest BCUT2D eigenvalue weighted by molar-refractivity contribution is 0.523. The first-order chi connectivity index (χ1) is 10.6. The third-order valence-corrected chi connectivity index (χ3v) is 5.07. The number of rotatable bonds is 3. The van der Waals surface area contributed by atoms with Crippen LogP contribution in [0.1, 0.15) is 24.0 Å². The zero-order valence-corrected chi connectivity index (χ0v) is 14.7. The summed E-state index contributed by atoms with van der Waals surface area (Å²) >= 11 is 3.51. The van der Waals surface area contributed by atoms with E-state index in [1.54, 1.807) is 0 Å². The van der Waals surface area contributed by atoms with E-state index in [0.717, 1.165) is 36.2 Å².